The molecule has 1 N–H and O–H groups in total. The third-order valence-electron chi connectivity index (χ3n) is 4.38. The molecule has 26 heavy (non-hydrogen) atoms. The number of rotatable bonds is 5. The molecule has 0 aliphatic heterocycles. The number of imidazole rings is 1. The van der Waals surface area contributed by atoms with Crippen LogP contribution in [-0.2, 0) is 14.1 Å². The van der Waals surface area contributed by atoms with E-state index < -0.39 is 0 Å². The molecule has 8 nitrogen and oxygen atoms in total. The molecule has 1 atom stereocenters. The summed E-state index contributed by atoms with van der Waals surface area (Å²) in [6, 6.07) is 7.64. The smallest absolute Gasteiger partial charge is 0.163 e. The first-order valence-electron chi connectivity index (χ1n) is 8.18. The third kappa shape index (κ3) is 2.65. The second-order valence-electron chi connectivity index (χ2n) is 5.94. The molecule has 3 aromatic heterocycles. The molecule has 4 aromatic rings. The van der Waals surface area contributed by atoms with Crippen molar-refractivity contribution in [2.24, 2.45) is 14.1 Å². The van der Waals surface area contributed by atoms with Crippen LogP contribution in [0.1, 0.15) is 17.4 Å². The Labute approximate surface area is 150 Å². The maximum absolute atomic E-state index is 5.57. The number of anilines is 1. The average molecular weight is 349 g/mol. The highest BCUT2D eigenvalue weighted by Crippen LogP contribution is 2.33. The molecule has 4 rings (SSSR count). The van der Waals surface area contributed by atoms with Gasteiger partial charge in [-0.2, -0.15) is 5.10 Å². The summed E-state index contributed by atoms with van der Waals surface area (Å²) in [6.45, 7) is 0. The zero-order chi connectivity index (χ0) is 18.1. The molecule has 8 heteroatoms. The molecule has 1 aromatic carbocycles. The first-order chi connectivity index (χ1) is 12.7. The van der Waals surface area contributed by atoms with Crippen molar-refractivity contribution >= 4 is 16.9 Å². The van der Waals surface area contributed by atoms with Gasteiger partial charge in [-0.1, -0.05) is 18.2 Å². The van der Waals surface area contributed by atoms with Crippen molar-refractivity contribution in [3.63, 3.8) is 0 Å². The van der Waals surface area contributed by atoms with Crippen LogP contribution in [0.25, 0.3) is 11.0 Å². The van der Waals surface area contributed by atoms with Gasteiger partial charge in [-0.15, -0.1) is 0 Å². The van der Waals surface area contributed by atoms with Crippen LogP contribution in [0.15, 0.2) is 49.2 Å². The number of hydrogen-bond acceptors (Lipinski definition) is 6. The SMILES string of the molecule is COc1ccccc1C(Nc1ncnc2c1cnn2C)c1nccn1C. The number of nitrogens with zero attached hydrogens (tertiary/aromatic N) is 6. The molecule has 0 amide bonds. The fourth-order valence-corrected chi connectivity index (χ4v) is 3.06. The van der Waals surface area contributed by atoms with Crippen LogP contribution < -0.4 is 10.1 Å². The lowest BCUT2D eigenvalue weighted by atomic mass is 10.0. The van der Waals surface area contributed by atoms with Gasteiger partial charge in [0.05, 0.1) is 18.7 Å². The number of aromatic nitrogens is 6. The first kappa shape index (κ1) is 16.1. The van der Waals surface area contributed by atoms with E-state index in [4.69, 9.17) is 4.74 Å². The Morgan fingerprint density at radius 3 is 2.73 bits per heavy atom. The van der Waals surface area contributed by atoms with Gasteiger partial charge < -0.3 is 14.6 Å². The lowest BCUT2D eigenvalue weighted by Gasteiger charge is -2.21. The molecular weight excluding hydrogens is 330 g/mol. The van der Waals surface area contributed by atoms with E-state index in [1.165, 1.54) is 6.33 Å². The van der Waals surface area contributed by atoms with Gasteiger partial charge in [-0.25, -0.2) is 15.0 Å². The van der Waals surface area contributed by atoms with Crippen molar-refractivity contribution in [3.8, 4) is 5.75 Å². The standard InChI is InChI=1S/C18H19N7O/c1-24-9-8-19-18(24)15(12-6-4-5-7-14(12)26-3)23-16-13-10-22-25(2)17(13)21-11-20-16/h4-11,15H,1-3H3,(H,20,21,23). The van der Waals surface area contributed by atoms with Gasteiger partial charge >= 0.3 is 0 Å². The van der Waals surface area contributed by atoms with Crippen LogP contribution in [0.5, 0.6) is 5.75 Å². The number of hydrogen-bond donors (Lipinski definition) is 1. The minimum absolute atomic E-state index is 0.246. The fourth-order valence-electron chi connectivity index (χ4n) is 3.06. The van der Waals surface area contributed by atoms with Gasteiger partial charge in [0.15, 0.2) is 5.65 Å². The zero-order valence-corrected chi connectivity index (χ0v) is 14.8. The molecule has 0 bridgehead atoms. The second-order valence-corrected chi connectivity index (χ2v) is 5.94. The predicted octanol–water partition coefficient (Wildman–Crippen LogP) is 2.31. The van der Waals surface area contributed by atoms with E-state index >= 15 is 0 Å². The maximum Gasteiger partial charge on any atom is 0.163 e. The largest absolute Gasteiger partial charge is 0.496 e. The summed E-state index contributed by atoms with van der Waals surface area (Å²) in [5.74, 6) is 2.33. The number of para-hydroxylation sites is 1. The van der Waals surface area contributed by atoms with Crippen molar-refractivity contribution in [3.05, 3.63) is 60.6 Å². The van der Waals surface area contributed by atoms with Gasteiger partial charge in [0, 0.05) is 32.1 Å². The highest BCUT2D eigenvalue weighted by Gasteiger charge is 2.23. The minimum Gasteiger partial charge on any atom is -0.496 e. The van der Waals surface area contributed by atoms with Gasteiger partial charge in [-0.05, 0) is 6.07 Å². The maximum atomic E-state index is 5.57. The lowest BCUT2D eigenvalue weighted by Crippen LogP contribution is -2.18. The van der Waals surface area contributed by atoms with E-state index in [2.05, 4.69) is 25.4 Å². The topological polar surface area (TPSA) is 82.7 Å². The Morgan fingerprint density at radius 1 is 1.12 bits per heavy atom. The summed E-state index contributed by atoms with van der Waals surface area (Å²) >= 11 is 0. The fraction of sp³-hybridized carbons (Fsp3) is 0.222. The molecule has 3 heterocycles. The molecule has 0 aliphatic carbocycles. The molecule has 0 aliphatic rings. The van der Waals surface area contributed by atoms with Crippen molar-refractivity contribution < 1.29 is 4.74 Å². The zero-order valence-electron chi connectivity index (χ0n) is 14.8. The van der Waals surface area contributed by atoms with E-state index in [1.807, 2.05) is 49.1 Å². The number of methoxy groups -OCH3 is 1. The van der Waals surface area contributed by atoms with E-state index in [0.29, 0.717) is 5.82 Å². The lowest BCUT2D eigenvalue weighted by molar-refractivity contribution is 0.408. The van der Waals surface area contributed by atoms with E-state index in [-0.39, 0.29) is 6.04 Å². The molecule has 0 radical (unpaired) electrons. The Morgan fingerprint density at radius 2 is 1.96 bits per heavy atom. The van der Waals surface area contributed by atoms with Crippen molar-refractivity contribution in [1.29, 1.82) is 0 Å². The Kier molecular flexibility index (Phi) is 4.00. The first-order valence-corrected chi connectivity index (χ1v) is 8.18. The number of ether oxygens (including phenoxy) is 1. The van der Waals surface area contributed by atoms with E-state index in [9.17, 15) is 0 Å². The second kappa shape index (κ2) is 6.47. The van der Waals surface area contributed by atoms with Crippen LogP contribution in [-0.4, -0.2) is 36.4 Å². The van der Waals surface area contributed by atoms with Crippen LogP contribution in [0.4, 0.5) is 5.82 Å². The normalized spacial score (nSPS) is 12.3. The molecule has 132 valence electrons. The van der Waals surface area contributed by atoms with Gasteiger partial charge in [0.1, 0.15) is 29.8 Å². The summed E-state index contributed by atoms with van der Waals surface area (Å²) in [4.78, 5) is 13.3. The quantitative estimate of drug-likeness (QED) is 0.595. The highest BCUT2D eigenvalue weighted by atomic mass is 16.5. The van der Waals surface area contributed by atoms with Gasteiger partial charge in [-0.3, -0.25) is 4.68 Å². The Balaban J connectivity index is 1.85. The number of benzene rings is 1. The molecular formula is C18H19N7O. The monoisotopic (exact) mass is 349 g/mol. The van der Waals surface area contributed by atoms with Crippen LogP contribution in [0.2, 0.25) is 0 Å². The summed E-state index contributed by atoms with van der Waals surface area (Å²) in [5.41, 5.74) is 1.74. The molecule has 0 saturated carbocycles. The summed E-state index contributed by atoms with van der Waals surface area (Å²) < 4.78 is 9.27. The number of nitrogens with one attached hydrogen (secondary N) is 1. The van der Waals surface area contributed by atoms with Crippen LogP contribution in [0.3, 0.4) is 0 Å². The molecule has 0 saturated heterocycles. The Hall–Kier alpha value is -3.42. The Bertz CT molecular complexity index is 1050. The van der Waals surface area contributed by atoms with Crippen molar-refractivity contribution in [2.75, 3.05) is 12.4 Å². The molecule has 0 fully saturated rings. The highest BCUT2D eigenvalue weighted by molar-refractivity contribution is 5.86. The predicted molar refractivity (Wildman–Crippen MR) is 98.0 cm³/mol. The van der Waals surface area contributed by atoms with E-state index in [1.54, 1.807) is 24.2 Å². The van der Waals surface area contributed by atoms with E-state index in [0.717, 1.165) is 28.2 Å². The minimum atomic E-state index is -0.246. The number of fused-ring (bicyclic) bond motifs is 1. The third-order valence-corrected chi connectivity index (χ3v) is 4.38. The van der Waals surface area contributed by atoms with Crippen molar-refractivity contribution in [2.45, 2.75) is 6.04 Å². The number of aryl methyl sites for hydroxylation is 2. The molecule has 1 unspecified atom stereocenters. The van der Waals surface area contributed by atoms with Gasteiger partial charge in [0.2, 0.25) is 0 Å². The van der Waals surface area contributed by atoms with Crippen molar-refractivity contribution in [1.82, 2.24) is 29.3 Å². The van der Waals surface area contributed by atoms with Crippen LogP contribution >= 0.6 is 0 Å². The molecule has 0 spiro atoms. The summed E-state index contributed by atoms with van der Waals surface area (Å²) in [5, 5.41) is 8.63. The van der Waals surface area contributed by atoms with Gasteiger partial charge in [0.25, 0.3) is 0 Å². The average Bonchev–Trinajstić information content (AvgIpc) is 3.26. The summed E-state index contributed by atoms with van der Waals surface area (Å²) in [6.07, 6.45) is 6.98. The van der Waals surface area contributed by atoms with Crippen LogP contribution in [0, 0.1) is 0 Å². The summed E-state index contributed by atoms with van der Waals surface area (Å²) in [7, 11) is 5.49.